The number of ether oxygens (including phenoxy) is 1. The highest BCUT2D eigenvalue weighted by atomic mass is 32.2. The van der Waals surface area contributed by atoms with Gasteiger partial charge in [-0.25, -0.2) is 13.9 Å². The van der Waals surface area contributed by atoms with E-state index in [1.165, 1.54) is 43.9 Å². The zero-order valence-electron chi connectivity index (χ0n) is 11.9. The molecule has 9 nitrogen and oxygen atoms in total. The number of carbonyl (C=O) groups is 2. The molecule has 22 heavy (non-hydrogen) atoms. The number of rotatable bonds is 4. The van der Waals surface area contributed by atoms with E-state index in [-0.39, 0.29) is 4.90 Å². The standard InChI is InChI=1S/C12H15N3O6S/c1-14-10(16)7-15(12(14)11(17)13-18)22(19,20)9-5-3-8(21-2)4-6-9/h3-6,12,18H,7H2,1-2H3,(H,13,17). The van der Waals surface area contributed by atoms with Gasteiger partial charge in [0.1, 0.15) is 5.75 Å². The first-order valence-electron chi connectivity index (χ1n) is 6.18. The van der Waals surface area contributed by atoms with Crippen molar-refractivity contribution in [1.29, 1.82) is 0 Å². The number of nitrogens with zero attached hydrogens (tertiary/aromatic N) is 2. The van der Waals surface area contributed by atoms with Crippen molar-refractivity contribution < 1.29 is 28.0 Å². The minimum Gasteiger partial charge on any atom is -0.497 e. The van der Waals surface area contributed by atoms with E-state index in [1.807, 2.05) is 0 Å². The maximum Gasteiger partial charge on any atom is 0.282 e. The molecule has 0 spiro atoms. The fourth-order valence-electron chi connectivity index (χ4n) is 2.12. The zero-order chi connectivity index (χ0) is 16.5. The molecule has 120 valence electrons. The first-order chi connectivity index (χ1) is 10.3. The Kier molecular flexibility index (Phi) is 4.35. The predicted molar refractivity (Wildman–Crippen MR) is 73.4 cm³/mol. The lowest BCUT2D eigenvalue weighted by Crippen LogP contribution is -2.50. The number of benzene rings is 1. The van der Waals surface area contributed by atoms with Gasteiger partial charge in [0, 0.05) is 7.05 Å². The van der Waals surface area contributed by atoms with E-state index in [0.717, 1.165) is 9.21 Å². The molecule has 1 unspecified atom stereocenters. The summed E-state index contributed by atoms with van der Waals surface area (Å²) in [7, 11) is -1.36. The molecular formula is C12H15N3O6S. The largest absolute Gasteiger partial charge is 0.497 e. The maximum absolute atomic E-state index is 12.6. The van der Waals surface area contributed by atoms with E-state index in [1.54, 1.807) is 0 Å². The molecule has 0 saturated carbocycles. The summed E-state index contributed by atoms with van der Waals surface area (Å²) in [6, 6.07) is 5.53. The smallest absolute Gasteiger partial charge is 0.282 e. The van der Waals surface area contributed by atoms with Crippen molar-refractivity contribution in [3.05, 3.63) is 24.3 Å². The molecule has 0 aromatic heterocycles. The molecule has 0 aliphatic carbocycles. The third-order valence-corrected chi connectivity index (χ3v) is 5.15. The number of hydroxylamine groups is 1. The van der Waals surface area contributed by atoms with Crippen LogP contribution in [0.4, 0.5) is 0 Å². The van der Waals surface area contributed by atoms with Gasteiger partial charge in [-0.2, -0.15) is 4.31 Å². The minimum atomic E-state index is -4.09. The molecule has 1 atom stereocenters. The zero-order valence-corrected chi connectivity index (χ0v) is 12.7. The first-order valence-corrected chi connectivity index (χ1v) is 7.62. The number of methoxy groups -OCH3 is 1. The van der Waals surface area contributed by atoms with Crippen molar-refractivity contribution in [3.63, 3.8) is 0 Å². The number of hydrogen-bond acceptors (Lipinski definition) is 6. The van der Waals surface area contributed by atoms with E-state index in [4.69, 9.17) is 9.94 Å². The van der Waals surface area contributed by atoms with Crippen molar-refractivity contribution >= 4 is 21.8 Å². The van der Waals surface area contributed by atoms with Crippen LogP contribution in [0, 0.1) is 0 Å². The van der Waals surface area contributed by atoms with E-state index < -0.39 is 34.5 Å². The molecule has 1 aromatic rings. The minimum absolute atomic E-state index is 0.0906. The lowest BCUT2D eigenvalue weighted by molar-refractivity contribution is -0.140. The lowest BCUT2D eigenvalue weighted by atomic mass is 10.3. The summed E-state index contributed by atoms with van der Waals surface area (Å²) >= 11 is 0. The topological polar surface area (TPSA) is 116 Å². The van der Waals surface area contributed by atoms with Gasteiger partial charge in [0.25, 0.3) is 5.91 Å². The van der Waals surface area contributed by atoms with Crippen LogP contribution in [0.2, 0.25) is 0 Å². The number of nitrogens with one attached hydrogen (secondary N) is 1. The summed E-state index contributed by atoms with van der Waals surface area (Å²) in [6.45, 7) is -0.483. The molecule has 2 N–H and O–H groups in total. The Labute approximate surface area is 127 Å². The normalized spacial score (nSPS) is 19.3. The molecule has 0 radical (unpaired) electrons. The SMILES string of the molecule is COc1ccc(S(=O)(=O)N2CC(=O)N(C)C2C(=O)NO)cc1. The Bertz CT molecular complexity index is 687. The van der Waals surface area contributed by atoms with E-state index >= 15 is 0 Å². The molecule has 2 rings (SSSR count). The Balaban J connectivity index is 2.42. The van der Waals surface area contributed by atoms with Gasteiger partial charge in [-0.1, -0.05) is 0 Å². The second kappa shape index (κ2) is 5.91. The highest BCUT2D eigenvalue weighted by Gasteiger charge is 2.47. The molecule has 1 aliphatic heterocycles. The number of amides is 2. The van der Waals surface area contributed by atoms with Crippen LogP contribution >= 0.6 is 0 Å². The van der Waals surface area contributed by atoms with Crippen LogP contribution in [0.25, 0.3) is 0 Å². The van der Waals surface area contributed by atoms with Crippen molar-refractivity contribution in [2.45, 2.75) is 11.1 Å². The van der Waals surface area contributed by atoms with Crippen LogP contribution in [0.15, 0.2) is 29.2 Å². The fraction of sp³-hybridized carbons (Fsp3) is 0.333. The number of carbonyl (C=O) groups excluding carboxylic acids is 2. The summed E-state index contributed by atoms with van der Waals surface area (Å²) in [5.41, 5.74) is 1.37. The Morgan fingerprint density at radius 3 is 2.45 bits per heavy atom. The molecule has 1 saturated heterocycles. The number of hydrogen-bond donors (Lipinski definition) is 2. The van der Waals surface area contributed by atoms with Crippen LogP contribution in [0.3, 0.4) is 0 Å². The van der Waals surface area contributed by atoms with Crippen molar-refractivity contribution in [1.82, 2.24) is 14.7 Å². The second-order valence-electron chi connectivity index (χ2n) is 4.58. The van der Waals surface area contributed by atoms with E-state index in [9.17, 15) is 18.0 Å². The molecule has 10 heteroatoms. The average Bonchev–Trinajstić information content (AvgIpc) is 2.83. The quantitative estimate of drug-likeness (QED) is 0.540. The summed E-state index contributed by atoms with van der Waals surface area (Å²) in [4.78, 5) is 24.3. The van der Waals surface area contributed by atoms with Gasteiger partial charge in [0.2, 0.25) is 15.9 Å². The van der Waals surface area contributed by atoms with Crippen LogP contribution in [0.5, 0.6) is 5.75 Å². The van der Waals surface area contributed by atoms with Crippen LogP contribution in [-0.4, -0.2) is 61.5 Å². The molecule has 1 aromatic carbocycles. The summed E-state index contributed by atoms with van der Waals surface area (Å²) < 4.78 is 30.9. The van der Waals surface area contributed by atoms with Gasteiger partial charge in [0.05, 0.1) is 18.6 Å². The van der Waals surface area contributed by atoms with Crippen molar-refractivity contribution in [2.24, 2.45) is 0 Å². The molecule has 1 fully saturated rings. The molecule has 2 amide bonds. The van der Waals surface area contributed by atoms with E-state index in [0.29, 0.717) is 5.75 Å². The monoisotopic (exact) mass is 329 g/mol. The first kappa shape index (κ1) is 16.2. The van der Waals surface area contributed by atoms with Gasteiger partial charge in [0.15, 0.2) is 6.17 Å². The Hall–Kier alpha value is -2.17. The molecule has 0 bridgehead atoms. The van der Waals surface area contributed by atoms with Gasteiger partial charge in [-0.15, -0.1) is 0 Å². The highest BCUT2D eigenvalue weighted by molar-refractivity contribution is 7.89. The van der Waals surface area contributed by atoms with Crippen LogP contribution in [-0.2, 0) is 19.6 Å². The third kappa shape index (κ3) is 2.63. The average molecular weight is 329 g/mol. The van der Waals surface area contributed by atoms with Gasteiger partial charge < -0.3 is 9.64 Å². The van der Waals surface area contributed by atoms with Crippen LogP contribution < -0.4 is 10.2 Å². The van der Waals surface area contributed by atoms with E-state index in [2.05, 4.69) is 0 Å². The van der Waals surface area contributed by atoms with Gasteiger partial charge in [-0.05, 0) is 24.3 Å². The third-order valence-electron chi connectivity index (χ3n) is 3.33. The fourth-order valence-corrected chi connectivity index (χ4v) is 3.66. The van der Waals surface area contributed by atoms with Crippen molar-refractivity contribution in [2.75, 3.05) is 20.7 Å². The van der Waals surface area contributed by atoms with Gasteiger partial charge in [-0.3, -0.25) is 14.8 Å². The summed E-state index contributed by atoms with van der Waals surface area (Å²) in [6.07, 6.45) is -1.44. The lowest BCUT2D eigenvalue weighted by Gasteiger charge is -2.24. The predicted octanol–water partition coefficient (Wildman–Crippen LogP) is -1.01. The number of likely N-dealkylation sites (N-methyl/N-ethyl adjacent to an activating group) is 1. The van der Waals surface area contributed by atoms with Gasteiger partial charge >= 0.3 is 0 Å². The van der Waals surface area contributed by atoms with Crippen molar-refractivity contribution in [3.8, 4) is 5.75 Å². The molecular weight excluding hydrogens is 314 g/mol. The highest BCUT2D eigenvalue weighted by Crippen LogP contribution is 2.25. The maximum atomic E-state index is 12.6. The second-order valence-corrected chi connectivity index (χ2v) is 6.47. The Morgan fingerprint density at radius 1 is 1.36 bits per heavy atom. The summed E-state index contributed by atoms with van der Waals surface area (Å²) in [5.74, 6) is -1.09. The number of sulfonamides is 1. The summed E-state index contributed by atoms with van der Waals surface area (Å²) in [5, 5.41) is 8.75. The molecule has 1 heterocycles. The van der Waals surface area contributed by atoms with Crippen LogP contribution in [0.1, 0.15) is 0 Å². The molecule has 1 aliphatic rings. The Morgan fingerprint density at radius 2 is 1.95 bits per heavy atom.